The van der Waals surface area contributed by atoms with Gasteiger partial charge in [0.25, 0.3) is 0 Å². The fourth-order valence-electron chi connectivity index (χ4n) is 1.29. The molecule has 0 aliphatic rings. The topological polar surface area (TPSA) is 64.3 Å². The Kier molecular flexibility index (Phi) is 5.80. The molecule has 0 aliphatic carbocycles. The van der Waals surface area contributed by atoms with Crippen LogP contribution < -0.4 is 11.1 Å². The normalized spacial score (nSPS) is 9.29. The molecule has 0 spiro atoms. The van der Waals surface area contributed by atoms with Gasteiger partial charge in [-0.3, -0.25) is 4.79 Å². The van der Waals surface area contributed by atoms with Gasteiger partial charge in [-0.25, -0.2) is 0 Å². The van der Waals surface area contributed by atoms with Crippen LogP contribution in [0.5, 0.6) is 0 Å². The number of rotatable bonds is 4. The molecule has 1 amide bonds. The van der Waals surface area contributed by atoms with Crippen molar-refractivity contribution in [1.29, 1.82) is 0 Å². The molecule has 1 aromatic rings. The number of carbonyl (C=O) groups is 1. The van der Waals surface area contributed by atoms with Crippen LogP contribution in [0.1, 0.15) is 11.1 Å². The Labute approximate surface area is 101 Å². The molecule has 0 aliphatic heterocycles. The maximum absolute atomic E-state index is 11.2. The quantitative estimate of drug-likeness (QED) is 0.732. The van der Waals surface area contributed by atoms with E-state index in [4.69, 9.17) is 10.5 Å². The first-order valence-electron chi connectivity index (χ1n) is 5.29. The summed E-state index contributed by atoms with van der Waals surface area (Å²) in [6, 6.07) is 7.66. The van der Waals surface area contributed by atoms with E-state index in [1.54, 1.807) is 0 Å². The number of hydrogen-bond donors (Lipinski definition) is 2. The lowest BCUT2D eigenvalue weighted by molar-refractivity contribution is -0.124. The molecule has 0 radical (unpaired) electrons. The number of ether oxygens (including phenoxy) is 1. The molecule has 0 atom stereocenters. The van der Waals surface area contributed by atoms with E-state index in [2.05, 4.69) is 17.2 Å². The molecule has 0 saturated heterocycles. The van der Waals surface area contributed by atoms with Crippen LogP contribution in [-0.4, -0.2) is 26.2 Å². The number of hydrogen-bond acceptors (Lipinski definition) is 3. The summed E-state index contributed by atoms with van der Waals surface area (Å²) in [6.45, 7) is 0.891. The molecule has 0 unspecified atom stereocenters. The maximum atomic E-state index is 11.2. The molecule has 17 heavy (non-hydrogen) atoms. The number of methoxy groups -OCH3 is 1. The Hall–Kier alpha value is -1.83. The highest BCUT2D eigenvalue weighted by atomic mass is 16.5. The Morgan fingerprint density at radius 3 is 3.06 bits per heavy atom. The second kappa shape index (κ2) is 7.44. The largest absolute Gasteiger partial charge is 0.375 e. The Balaban J connectivity index is 2.57. The average Bonchev–Trinajstić information content (AvgIpc) is 2.35. The number of amides is 1. The Bertz CT molecular complexity index is 433. The fourth-order valence-corrected chi connectivity index (χ4v) is 1.29. The van der Waals surface area contributed by atoms with Crippen molar-refractivity contribution >= 4 is 5.91 Å². The highest BCUT2D eigenvalue weighted by molar-refractivity contribution is 5.77. The first-order chi connectivity index (χ1) is 8.26. The third-order valence-electron chi connectivity index (χ3n) is 2.03. The molecule has 0 aromatic heterocycles. The Morgan fingerprint density at radius 1 is 1.53 bits per heavy atom. The molecule has 90 valence electrons. The van der Waals surface area contributed by atoms with Crippen molar-refractivity contribution in [3.8, 4) is 11.8 Å². The Morgan fingerprint density at radius 2 is 2.35 bits per heavy atom. The van der Waals surface area contributed by atoms with Crippen LogP contribution in [0.2, 0.25) is 0 Å². The fraction of sp³-hybridized carbons (Fsp3) is 0.308. The van der Waals surface area contributed by atoms with E-state index in [9.17, 15) is 4.79 Å². The van der Waals surface area contributed by atoms with Gasteiger partial charge in [0.1, 0.15) is 6.61 Å². The molecule has 0 saturated carbocycles. The first kappa shape index (κ1) is 13.2. The van der Waals surface area contributed by atoms with Gasteiger partial charge < -0.3 is 15.8 Å². The summed E-state index contributed by atoms with van der Waals surface area (Å²) < 4.78 is 4.72. The van der Waals surface area contributed by atoms with Crippen LogP contribution in [0.4, 0.5) is 0 Å². The number of carbonyl (C=O) groups excluding carboxylic acids is 1. The van der Waals surface area contributed by atoms with Gasteiger partial charge >= 0.3 is 0 Å². The third-order valence-corrected chi connectivity index (χ3v) is 2.03. The van der Waals surface area contributed by atoms with E-state index in [0.717, 1.165) is 11.1 Å². The molecular formula is C13H16N2O2. The van der Waals surface area contributed by atoms with E-state index in [1.165, 1.54) is 7.11 Å². The minimum absolute atomic E-state index is 0.0761. The summed E-state index contributed by atoms with van der Waals surface area (Å²) in [4.78, 5) is 11.2. The van der Waals surface area contributed by atoms with Gasteiger partial charge in [0.2, 0.25) is 5.91 Å². The van der Waals surface area contributed by atoms with Gasteiger partial charge in [0.05, 0.1) is 6.54 Å². The van der Waals surface area contributed by atoms with Gasteiger partial charge in [-0.05, 0) is 17.7 Å². The lowest BCUT2D eigenvalue weighted by atomic mass is 10.1. The minimum Gasteiger partial charge on any atom is -0.375 e. The van der Waals surface area contributed by atoms with Crippen LogP contribution >= 0.6 is 0 Å². The summed E-state index contributed by atoms with van der Waals surface area (Å²) in [6.07, 6.45) is 0. The molecule has 0 fully saturated rings. The SMILES string of the molecule is COCC(=O)NCc1cccc(C#CCN)c1. The molecular weight excluding hydrogens is 216 g/mol. The summed E-state index contributed by atoms with van der Waals surface area (Å²) in [5, 5.41) is 2.75. The van der Waals surface area contributed by atoms with Gasteiger partial charge in [-0.2, -0.15) is 0 Å². The summed E-state index contributed by atoms with van der Waals surface area (Å²) in [5.74, 6) is 5.60. The predicted molar refractivity (Wildman–Crippen MR) is 66.1 cm³/mol. The number of benzene rings is 1. The van der Waals surface area contributed by atoms with Gasteiger partial charge in [0, 0.05) is 19.2 Å². The highest BCUT2D eigenvalue weighted by Gasteiger charge is 1.99. The standard InChI is InChI=1S/C13H16N2O2/c1-17-10-13(16)15-9-12-5-2-4-11(8-12)6-3-7-14/h2,4-5,8H,7,9-10,14H2,1H3,(H,15,16). The summed E-state index contributed by atoms with van der Waals surface area (Å²) >= 11 is 0. The van der Waals surface area contributed by atoms with Crippen LogP contribution in [-0.2, 0) is 16.1 Å². The minimum atomic E-state index is -0.133. The van der Waals surface area contributed by atoms with Crippen LogP contribution in [0.15, 0.2) is 24.3 Å². The van der Waals surface area contributed by atoms with Crippen molar-refractivity contribution in [2.45, 2.75) is 6.54 Å². The third kappa shape index (κ3) is 5.16. The second-order valence-electron chi connectivity index (χ2n) is 3.42. The van der Waals surface area contributed by atoms with E-state index < -0.39 is 0 Å². The van der Waals surface area contributed by atoms with Crippen molar-refractivity contribution < 1.29 is 9.53 Å². The maximum Gasteiger partial charge on any atom is 0.246 e. The summed E-state index contributed by atoms with van der Waals surface area (Å²) in [7, 11) is 1.49. The molecule has 1 aromatic carbocycles. The molecule has 1 rings (SSSR count). The van der Waals surface area contributed by atoms with Crippen molar-refractivity contribution in [2.24, 2.45) is 5.73 Å². The zero-order chi connectivity index (χ0) is 12.5. The van der Waals surface area contributed by atoms with Gasteiger partial charge in [-0.15, -0.1) is 0 Å². The van der Waals surface area contributed by atoms with Crippen molar-refractivity contribution in [2.75, 3.05) is 20.3 Å². The lowest BCUT2D eigenvalue weighted by Crippen LogP contribution is -2.26. The van der Waals surface area contributed by atoms with E-state index >= 15 is 0 Å². The second-order valence-corrected chi connectivity index (χ2v) is 3.42. The number of nitrogens with one attached hydrogen (secondary N) is 1. The molecule has 4 heteroatoms. The van der Waals surface area contributed by atoms with Crippen molar-refractivity contribution in [3.63, 3.8) is 0 Å². The van der Waals surface area contributed by atoms with Crippen molar-refractivity contribution in [1.82, 2.24) is 5.32 Å². The van der Waals surface area contributed by atoms with Gasteiger partial charge in [0.15, 0.2) is 0 Å². The zero-order valence-corrected chi connectivity index (χ0v) is 9.82. The molecule has 3 N–H and O–H groups in total. The van der Waals surface area contributed by atoms with Crippen LogP contribution in [0, 0.1) is 11.8 Å². The smallest absolute Gasteiger partial charge is 0.246 e. The summed E-state index contributed by atoms with van der Waals surface area (Å²) in [5.41, 5.74) is 7.20. The molecule has 0 heterocycles. The van der Waals surface area contributed by atoms with Crippen LogP contribution in [0.25, 0.3) is 0 Å². The highest BCUT2D eigenvalue weighted by Crippen LogP contribution is 2.03. The van der Waals surface area contributed by atoms with Crippen LogP contribution in [0.3, 0.4) is 0 Å². The van der Waals surface area contributed by atoms with Gasteiger partial charge in [-0.1, -0.05) is 24.0 Å². The van der Waals surface area contributed by atoms with Crippen molar-refractivity contribution in [3.05, 3.63) is 35.4 Å². The number of nitrogens with two attached hydrogens (primary N) is 1. The zero-order valence-electron chi connectivity index (χ0n) is 9.82. The van der Waals surface area contributed by atoms with E-state index in [1.807, 2.05) is 24.3 Å². The van der Waals surface area contributed by atoms with E-state index in [0.29, 0.717) is 13.1 Å². The first-order valence-corrected chi connectivity index (χ1v) is 5.29. The molecule has 0 bridgehead atoms. The lowest BCUT2D eigenvalue weighted by Gasteiger charge is -2.04. The molecule has 4 nitrogen and oxygen atoms in total. The predicted octanol–water partition coefficient (Wildman–Crippen LogP) is 0.259. The monoisotopic (exact) mass is 232 g/mol. The average molecular weight is 232 g/mol. The van der Waals surface area contributed by atoms with E-state index in [-0.39, 0.29) is 12.5 Å².